The maximum absolute atomic E-state index is 11.9. The Morgan fingerprint density at radius 1 is 1.41 bits per heavy atom. The zero-order valence-corrected chi connectivity index (χ0v) is 10.6. The van der Waals surface area contributed by atoms with Crippen LogP contribution in [0.3, 0.4) is 0 Å². The van der Waals surface area contributed by atoms with Crippen LogP contribution < -0.4 is 16.0 Å². The number of nitrogens with zero attached hydrogens (tertiary/aromatic N) is 1. The van der Waals surface area contributed by atoms with E-state index in [1.54, 1.807) is 11.9 Å². The molecule has 17 heavy (non-hydrogen) atoms. The lowest BCUT2D eigenvalue weighted by atomic mass is 10.1. The van der Waals surface area contributed by atoms with E-state index in [0.717, 1.165) is 24.1 Å². The Kier molecular flexibility index (Phi) is 5.49. The van der Waals surface area contributed by atoms with Crippen molar-refractivity contribution >= 4 is 11.7 Å². The van der Waals surface area contributed by atoms with E-state index in [2.05, 4.69) is 12.2 Å². The first-order chi connectivity index (χ1) is 8.20. The quantitative estimate of drug-likeness (QED) is 0.768. The third-order valence-corrected chi connectivity index (χ3v) is 2.68. The number of nitrogens with two attached hydrogens (primary N) is 1. The standard InChI is InChI=1S/C13H21N3O/c1-3-4-9-15-13(17)16(2)12-8-6-5-7-11(12)10-14/h5-8H,3-4,9-10,14H2,1-2H3,(H,15,17). The van der Waals surface area contributed by atoms with Gasteiger partial charge in [-0.2, -0.15) is 0 Å². The van der Waals surface area contributed by atoms with Gasteiger partial charge in [-0.25, -0.2) is 4.79 Å². The van der Waals surface area contributed by atoms with Gasteiger partial charge < -0.3 is 11.1 Å². The third-order valence-electron chi connectivity index (χ3n) is 2.68. The number of unbranched alkanes of at least 4 members (excludes halogenated alkanes) is 1. The Balaban J connectivity index is 2.67. The van der Waals surface area contributed by atoms with E-state index < -0.39 is 0 Å². The number of urea groups is 1. The Morgan fingerprint density at radius 2 is 2.12 bits per heavy atom. The van der Waals surface area contributed by atoms with Crippen LogP contribution >= 0.6 is 0 Å². The first-order valence-corrected chi connectivity index (χ1v) is 6.00. The highest BCUT2D eigenvalue weighted by Gasteiger charge is 2.12. The Bertz CT molecular complexity index is 365. The van der Waals surface area contributed by atoms with Crippen LogP contribution in [0.5, 0.6) is 0 Å². The van der Waals surface area contributed by atoms with Crippen LogP contribution in [0.15, 0.2) is 24.3 Å². The number of hydrogen-bond acceptors (Lipinski definition) is 2. The largest absolute Gasteiger partial charge is 0.338 e. The van der Waals surface area contributed by atoms with E-state index in [1.807, 2.05) is 24.3 Å². The van der Waals surface area contributed by atoms with Gasteiger partial charge in [0.2, 0.25) is 0 Å². The summed E-state index contributed by atoms with van der Waals surface area (Å²) in [5.74, 6) is 0. The molecule has 4 heteroatoms. The Morgan fingerprint density at radius 3 is 2.76 bits per heavy atom. The van der Waals surface area contributed by atoms with Gasteiger partial charge in [-0.3, -0.25) is 4.90 Å². The summed E-state index contributed by atoms with van der Waals surface area (Å²) >= 11 is 0. The van der Waals surface area contributed by atoms with Crippen LogP contribution in [0.4, 0.5) is 10.5 Å². The summed E-state index contributed by atoms with van der Waals surface area (Å²) in [6.45, 7) is 3.24. The molecule has 0 spiro atoms. The normalized spacial score (nSPS) is 10.1. The molecule has 0 saturated heterocycles. The topological polar surface area (TPSA) is 58.4 Å². The molecule has 0 bridgehead atoms. The van der Waals surface area contributed by atoms with Gasteiger partial charge in [-0.1, -0.05) is 31.5 Å². The highest BCUT2D eigenvalue weighted by molar-refractivity contribution is 5.92. The van der Waals surface area contributed by atoms with E-state index in [1.165, 1.54) is 0 Å². The summed E-state index contributed by atoms with van der Waals surface area (Å²) in [7, 11) is 1.76. The molecule has 0 aromatic heterocycles. The predicted octanol–water partition coefficient (Wildman–Crippen LogP) is 2.09. The second-order valence-corrected chi connectivity index (χ2v) is 3.98. The molecule has 1 rings (SSSR count). The molecule has 0 aliphatic carbocycles. The van der Waals surface area contributed by atoms with Crippen LogP contribution in [0, 0.1) is 0 Å². The average Bonchev–Trinajstić information content (AvgIpc) is 2.38. The predicted molar refractivity (Wildman–Crippen MR) is 71.0 cm³/mol. The number of hydrogen-bond donors (Lipinski definition) is 2. The number of carbonyl (C=O) groups is 1. The second-order valence-electron chi connectivity index (χ2n) is 3.98. The van der Waals surface area contributed by atoms with Crippen molar-refractivity contribution in [1.29, 1.82) is 0 Å². The van der Waals surface area contributed by atoms with E-state index in [0.29, 0.717) is 13.1 Å². The molecular formula is C13H21N3O. The van der Waals surface area contributed by atoms with Gasteiger partial charge in [0.1, 0.15) is 0 Å². The molecule has 0 unspecified atom stereocenters. The minimum Gasteiger partial charge on any atom is -0.338 e. The minimum absolute atomic E-state index is 0.0839. The summed E-state index contributed by atoms with van der Waals surface area (Å²) in [6, 6.07) is 7.59. The Hall–Kier alpha value is -1.55. The van der Waals surface area contributed by atoms with Crippen LogP contribution in [-0.2, 0) is 6.54 Å². The maximum atomic E-state index is 11.9. The van der Waals surface area contributed by atoms with Gasteiger partial charge in [0.15, 0.2) is 0 Å². The van der Waals surface area contributed by atoms with Crippen LogP contribution in [0.25, 0.3) is 0 Å². The summed E-state index contributed by atoms with van der Waals surface area (Å²) in [5, 5.41) is 2.88. The van der Waals surface area contributed by atoms with Gasteiger partial charge in [-0.15, -0.1) is 0 Å². The van der Waals surface area contributed by atoms with Gasteiger partial charge in [0.25, 0.3) is 0 Å². The molecule has 94 valence electrons. The van der Waals surface area contributed by atoms with Gasteiger partial charge in [-0.05, 0) is 18.1 Å². The Labute approximate surface area is 103 Å². The molecule has 3 N–H and O–H groups in total. The highest BCUT2D eigenvalue weighted by Crippen LogP contribution is 2.18. The molecule has 1 aromatic rings. The van der Waals surface area contributed by atoms with E-state index in [9.17, 15) is 4.79 Å². The van der Waals surface area contributed by atoms with E-state index >= 15 is 0 Å². The first kappa shape index (κ1) is 13.5. The summed E-state index contributed by atoms with van der Waals surface area (Å²) in [4.78, 5) is 13.5. The fourth-order valence-electron chi connectivity index (χ4n) is 1.61. The summed E-state index contributed by atoms with van der Waals surface area (Å²) in [6.07, 6.45) is 2.07. The lowest BCUT2D eigenvalue weighted by Crippen LogP contribution is -2.38. The molecule has 0 radical (unpaired) electrons. The fraction of sp³-hybridized carbons (Fsp3) is 0.462. The molecule has 2 amide bonds. The van der Waals surface area contributed by atoms with Gasteiger partial charge in [0.05, 0.1) is 0 Å². The molecule has 0 aliphatic heterocycles. The maximum Gasteiger partial charge on any atom is 0.321 e. The van der Waals surface area contributed by atoms with Crippen molar-refractivity contribution in [2.45, 2.75) is 26.3 Å². The highest BCUT2D eigenvalue weighted by atomic mass is 16.2. The van der Waals surface area contributed by atoms with Crippen molar-refractivity contribution in [3.63, 3.8) is 0 Å². The van der Waals surface area contributed by atoms with Crippen LogP contribution in [0.1, 0.15) is 25.3 Å². The van der Waals surface area contributed by atoms with Crippen molar-refractivity contribution < 1.29 is 4.79 Å². The molecular weight excluding hydrogens is 214 g/mol. The van der Waals surface area contributed by atoms with Crippen LogP contribution in [-0.4, -0.2) is 19.6 Å². The lowest BCUT2D eigenvalue weighted by Gasteiger charge is -2.20. The fourth-order valence-corrected chi connectivity index (χ4v) is 1.61. The number of nitrogens with one attached hydrogen (secondary N) is 1. The zero-order valence-electron chi connectivity index (χ0n) is 10.6. The third kappa shape index (κ3) is 3.75. The lowest BCUT2D eigenvalue weighted by molar-refractivity contribution is 0.247. The number of benzene rings is 1. The second kappa shape index (κ2) is 6.91. The number of anilines is 1. The molecule has 4 nitrogen and oxygen atoms in total. The van der Waals surface area contributed by atoms with Crippen molar-refractivity contribution in [2.75, 3.05) is 18.5 Å². The minimum atomic E-state index is -0.0839. The smallest absolute Gasteiger partial charge is 0.321 e. The average molecular weight is 235 g/mol. The van der Waals surface area contributed by atoms with Gasteiger partial charge >= 0.3 is 6.03 Å². The first-order valence-electron chi connectivity index (χ1n) is 6.00. The van der Waals surface area contributed by atoms with Crippen LogP contribution in [0.2, 0.25) is 0 Å². The molecule has 1 aromatic carbocycles. The van der Waals surface area contributed by atoms with Crippen molar-refractivity contribution in [1.82, 2.24) is 5.32 Å². The number of carbonyl (C=O) groups excluding carboxylic acids is 1. The monoisotopic (exact) mass is 235 g/mol. The van der Waals surface area contributed by atoms with E-state index in [4.69, 9.17) is 5.73 Å². The molecule has 0 atom stereocenters. The van der Waals surface area contributed by atoms with Gasteiger partial charge in [0, 0.05) is 25.8 Å². The molecule has 0 fully saturated rings. The van der Waals surface area contributed by atoms with Crippen molar-refractivity contribution in [3.8, 4) is 0 Å². The van der Waals surface area contributed by atoms with E-state index in [-0.39, 0.29) is 6.03 Å². The van der Waals surface area contributed by atoms with Crippen molar-refractivity contribution in [3.05, 3.63) is 29.8 Å². The zero-order chi connectivity index (χ0) is 12.7. The van der Waals surface area contributed by atoms with Crippen molar-refractivity contribution in [2.24, 2.45) is 5.73 Å². The molecule has 0 aliphatic rings. The molecule has 0 saturated carbocycles. The molecule has 0 heterocycles. The number of amides is 2. The SMILES string of the molecule is CCCCNC(=O)N(C)c1ccccc1CN. The summed E-state index contributed by atoms with van der Waals surface area (Å²) < 4.78 is 0. The number of rotatable bonds is 5. The summed E-state index contributed by atoms with van der Waals surface area (Å²) in [5.41, 5.74) is 7.49. The number of para-hydroxylation sites is 1.